The van der Waals surface area contributed by atoms with Crippen LogP contribution in [0.25, 0.3) is 0 Å². The molecule has 0 radical (unpaired) electrons. The summed E-state index contributed by atoms with van der Waals surface area (Å²) in [4.78, 5) is 190. The molecule has 6 aliphatic rings. The smallest absolute Gasteiger partial charge is 0.347 e. The Morgan fingerprint density at radius 2 is 1.23 bits per heavy atom. The van der Waals surface area contributed by atoms with Gasteiger partial charge in [-0.3, -0.25) is 57.5 Å². The molecule has 0 bridgehead atoms. The summed E-state index contributed by atoms with van der Waals surface area (Å²) in [6, 6.07) is -11.0. The predicted octanol–water partition coefficient (Wildman–Crippen LogP) is 5.56. The van der Waals surface area contributed by atoms with Gasteiger partial charge in [-0.2, -0.15) is 13.2 Å². The van der Waals surface area contributed by atoms with Gasteiger partial charge in [-0.15, -0.1) is 11.6 Å². The molecule has 6 fully saturated rings. The zero-order chi connectivity index (χ0) is 73.2. The van der Waals surface area contributed by atoms with Gasteiger partial charge in [0.2, 0.25) is 70.9 Å². The Morgan fingerprint density at radius 1 is 0.633 bits per heavy atom. The summed E-state index contributed by atoms with van der Waals surface area (Å²) < 4.78 is 41.9. The molecule has 6 rings (SSSR count). The van der Waals surface area contributed by atoms with Crippen molar-refractivity contribution in [2.24, 2.45) is 35.5 Å². The summed E-state index contributed by atoms with van der Waals surface area (Å²) in [5.74, 6) is -10.9. The van der Waals surface area contributed by atoms with E-state index < -0.39 is 173 Å². The third kappa shape index (κ3) is 19.2. The first kappa shape index (κ1) is 80.7. The maximum atomic E-state index is 15.5. The zero-order valence-corrected chi connectivity index (χ0v) is 61.6. The molecule has 554 valence electrons. The Labute approximate surface area is 583 Å². The number of carbonyl (C=O) groups excluding carboxylic acids is 12. The van der Waals surface area contributed by atoms with E-state index in [2.05, 4.69) is 16.0 Å². The third-order valence-corrected chi connectivity index (χ3v) is 23.2. The second kappa shape index (κ2) is 34.9. The van der Waals surface area contributed by atoms with Crippen LogP contribution in [0.2, 0.25) is 0 Å². The highest BCUT2D eigenvalue weighted by Gasteiger charge is 2.52. The van der Waals surface area contributed by atoms with Crippen molar-refractivity contribution in [1.82, 2.24) is 60.0 Å². The lowest BCUT2D eigenvalue weighted by atomic mass is 9.78. The largest absolute Gasteiger partial charge is 0.393 e. The lowest BCUT2D eigenvalue weighted by molar-refractivity contribution is -0.182. The molecule has 3 N–H and O–H groups in total. The van der Waals surface area contributed by atoms with Crippen LogP contribution >= 0.6 is 11.6 Å². The molecule has 13 atom stereocenters. The number of carbonyl (C=O) groups is 12. The predicted molar refractivity (Wildman–Crippen MR) is 363 cm³/mol. The van der Waals surface area contributed by atoms with Crippen molar-refractivity contribution in [3.05, 3.63) is 0 Å². The molecule has 3 unspecified atom stereocenters. The molecule has 0 aromatic heterocycles. The van der Waals surface area contributed by atoms with E-state index in [1.807, 2.05) is 20.8 Å². The van der Waals surface area contributed by atoms with E-state index in [0.717, 1.165) is 54.7 Å². The minimum atomic E-state index is -4.51. The van der Waals surface area contributed by atoms with Gasteiger partial charge in [-0.25, -0.2) is 0 Å². The van der Waals surface area contributed by atoms with Crippen LogP contribution < -0.4 is 16.0 Å². The van der Waals surface area contributed by atoms with E-state index in [1.165, 1.54) is 112 Å². The first-order valence-corrected chi connectivity index (χ1v) is 36.3. The maximum Gasteiger partial charge on any atom is 0.393 e. The number of halogens is 4. The number of amides is 12. The van der Waals surface area contributed by atoms with Crippen molar-refractivity contribution in [2.45, 2.75) is 261 Å². The summed E-state index contributed by atoms with van der Waals surface area (Å²) in [5.41, 5.74) is -1.58. The molecule has 2 aliphatic heterocycles. The number of nitrogens with one attached hydrogen (secondary N) is 3. The fraction of sp³-hybridized carbons (Fsp3) is 0.829. The number of likely N-dealkylation sites (N-methyl/N-ethyl adjacent to an activating group) is 8. The highest BCUT2D eigenvalue weighted by Crippen LogP contribution is 2.44. The van der Waals surface area contributed by atoms with Crippen molar-refractivity contribution in [2.75, 3.05) is 76.5 Å². The van der Waals surface area contributed by atoms with Gasteiger partial charge in [0.25, 0.3) is 0 Å². The normalized spacial score (nSPS) is 30.8. The Balaban J connectivity index is 1.41. The minimum absolute atomic E-state index is 0.0115. The van der Waals surface area contributed by atoms with Crippen LogP contribution in [0.15, 0.2) is 0 Å². The molecule has 98 heavy (non-hydrogen) atoms. The fourth-order valence-corrected chi connectivity index (χ4v) is 16.2. The molecule has 0 aromatic carbocycles. The van der Waals surface area contributed by atoms with E-state index in [4.69, 9.17) is 11.6 Å². The summed E-state index contributed by atoms with van der Waals surface area (Å²) in [7, 11) is 12.9. The second-order valence-corrected chi connectivity index (χ2v) is 30.7. The summed E-state index contributed by atoms with van der Waals surface area (Å²) in [5, 5.41) is 7.46. The number of hydrogen-bond acceptors (Lipinski definition) is 12. The van der Waals surface area contributed by atoms with Gasteiger partial charge < -0.3 is 60.0 Å². The Kier molecular flexibility index (Phi) is 28.7. The van der Waals surface area contributed by atoms with Crippen LogP contribution in [0.1, 0.15) is 189 Å². The van der Waals surface area contributed by atoms with Gasteiger partial charge in [0.15, 0.2) is 0 Å². The van der Waals surface area contributed by atoms with Crippen molar-refractivity contribution < 1.29 is 70.7 Å². The molecule has 12 amide bonds. The number of hydrogen-bond donors (Lipinski definition) is 3. The summed E-state index contributed by atoms with van der Waals surface area (Å²) in [6.45, 7) is 9.86. The molecule has 24 nitrogen and oxygen atoms in total. The highest BCUT2D eigenvalue weighted by atomic mass is 35.5. The van der Waals surface area contributed by atoms with Gasteiger partial charge in [0.05, 0.1) is 18.9 Å². The fourth-order valence-electron chi connectivity index (χ4n) is 15.6. The molecule has 2 heterocycles. The highest BCUT2D eigenvalue weighted by molar-refractivity contribution is 6.21. The van der Waals surface area contributed by atoms with E-state index in [9.17, 15) is 61.1 Å². The minimum Gasteiger partial charge on any atom is -0.347 e. The molecule has 2 saturated heterocycles. The average Bonchev–Trinajstić information content (AvgIpc) is 1.29. The number of rotatable bonds is 11. The SMILES string of the molecule is CC[C@H](C)[C@@H]1NC(=O)[C@H](CC(C)C)N(C)C(=O)C[C@@H](C(=O)N(C)C)N(C)C(=O)[C@H](C2CCCC2)N(C)C(=O)C2(CCCC2)NC(=O)[C@H](C)N(C)C(=O)[C@H](CCC2CCC(C(F)(F)F)C(Cl)C2)NC(=O)CN(C)C(=O)[C@H](CC2CCCCC2)N(C)C(=O)[C@@H]2CCN2C(=O)[C@H](C)N(C)C1=O. The lowest BCUT2D eigenvalue weighted by Crippen LogP contribution is -2.65. The third-order valence-electron chi connectivity index (χ3n) is 22.7. The maximum absolute atomic E-state index is 15.5. The van der Waals surface area contributed by atoms with Crippen molar-refractivity contribution in [3.8, 4) is 0 Å². The summed E-state index contributed by atoms with van der Waals surface area (Å²) >= 11 is 6.38. The molecule has 1 spiro atoms. The van der Waals surface area contributed by atoms with Crippen LogP contribution in [-0.2, 0) is 57.5 Å². The topological polar surface area (TPSA) is 270 Å². The van der Waals surface area contributed by atoms with Crippen LogP contribution in [0, 0.1) is 35.5 Å². The van der Waals surface area contributed by atoms with Crippen LogP contribution in [0.5, 0.6) is 0 Å². The van der Waals surface area contributed by atoms with Gasteiger partial charge in [0, 0.05) is 75.4 Å². The summed E-state index contributed by atoms with van der Waals surface area (Å²) in [6.07, 6.45) is 4.17. The molecular weight excluding hydrogens is 1290 g/mol. The van der Waals surface area contributed by atoms with Crippen molar-refractivity contribution >= 4 is 82.5 Å². The lowest BCUT2D eigenvalue weighted by Gasteiger charge is -2.45. The number of fused-ring (bicyclic) bond motifs is 1. The van der Waals surface area contributed by atoms with Gasteiger partial charge in [0.1, 0.15) is 59.9 Å². The van der Waals surface area contributed by atoms with E-state index in [1.54, 1.807) is 6.92 Å². The molecule has 4 aliphatic carbocycles. The van der Waals surface area contributed by atoms with E-state index in [0.29, 0.717) is 32.1 Å². The van der Waals surface area contributed by atoms with Crippen molar-refractivity contribution in [3.63, 3.8) is 0 Å². The van der Waals surface area contributed by atoms with Gasteiger partial charge >= 0.3 is 6.18 Å². The molecular formula is C70H114ClF3N12O12. The Morgan fingerprint density at radius 3 is 1.79 bits per heavy atom. The molecule has 4 saturated carbocycles. The van der Waals surface area contributed by atoms with Crippen molar-refractivity contribution in [1.29, 1.82) is 0 Å². The molecule has 28 heteroatoms. The quantitative estimate of drug-likeness (QED) is 0.215. The van der Waals surface area contributed by atoms with Crippen LogP contribution in [0.3, 0.4) is 0 Å². The second-order valence-electron chi connectivity index (χ2n) is 30.1. The van der Waals surface area contributed by atoms with Gasteiger partial charge in [-0.05, 0) is 120 Å². The van der Waals surface area contributed by atoms with E-state index in [-0.39, 0.29) is 88.5 Å². The Hall–Kier alpha value is -6.28. The average molecular weight is 1410 g/mol. The standard InChI is InChI=1S/C70H114ClF3N12O12/c1-16-42(4)57-66(96)81(11)44(6)61(91)86-35-32-51(86)65(95)83(13)53(38-45-24-18-17-19-25-45)64(94)79(9)40-55(87)75-50(31-29-46-28-30-48(49(71)37-46)70(72,73)74)62(92)80(10)43(5)59(89)77-69(33-22-23-34-69)68(98)85(15)58(47-26-20-21-27-47)67(97)84(14)54(63(93)78(7)8)39-56(88)82(12)52(36-41(2)3)60(90)76-57/h41-54,57-58H,16-40H2,1-15H3,(H,75,87)(H,76,90)(H,77,89)/t42-,43-,44-,46?,48?,49?,50-,51-,52-,53-,54-,57-,58-/m0/s1. The van der Waals surface area contributed by atoms with Crippen LogP contribution in [0.4, 0.5) is 13.2 Å². The van der Waals surface area contributed by atoms with Crippen LogP contribution in [-0.4, -0.2) is 263 Å². The monoisotopic (exact) mass is 1410 g/mol. The first-order valence-electron chi connectivity index (χ1n) is 35.9. The zero-order valence-electron chi connectivity index (χ0n) is 60.9. The van der Waals surface area contributed by atoms with Gasteiger partial charge in [-0.1, -0.05) is 91.9 Å². The molecule has 0 aromatic rings. The Bertz CT molecular complexity index is 2870. The first-order chi connectivity index (χ1) is 45.9. The number of nitrogens with zero attached hydrogens (tertiary/aromatic N) is 9. The van der Waals surface area contributed by atoms with E-state index >= 15 is 9.59 Å². The number of alkyl halides is 4.